The quantitative estimate of drug-likeness (QED) is 0.273. The number of phenols is 1. The first kappa shape index (κ1) is 24.6. The second kappa shape index (κ2) is 8.06. The second-order valence-electron chi connectivity index (χ2n) is 8.64. The summed E-state index contributed by atoms with van der Waals surface area (Å²) in [7, 11) is 3.12. The number of rotatable bonds is 2. The Bertz CT molecular complexity index is 1120. The SMILES string of the molecule is Cc1c[c-]c2c(c1O)C(O)=C1C(=O)[C@]3(O)C(O)=C(C(N)=O)C(=O)C(N(C)C)[C@@H]3C[C@@H]1C2.[Y]. The van der Waals surface area contributed by atoms with Gasteiger partial charge in [0.2, 0.25) is 5.78 Å². The van der Waals surface area contributed by atoms with Gasteiger partial charge in [0, 0.05) is 49.9 Å². The number of phenolic OH excluding ortho intramolecular Hbond substituents is 1. The van der Waals surface area contributed by atoms with E-state index in [0.717, 1.165) is 0 Å². The van der Waals surface area contributed by atoms with Gasteiger partial charge in [0.15, 0.2) is 11.4 Å². The van der Waals surface area contributed by atoms with Gasteiger partial charge in [0.25, 0.3) is 5.91 Å². The Morgan fingerprint density at radius 3 is 2.44 bits per heavy atom. The predicted molar refractivity (Wildman–Crippen MR) is 108 cm³/mol. The Morgan fingerprint density at radius 2 is 1.88 bits per heavy atom. The molecule has 1 aromatic rings. The van der Waals surface area contributed by atoms with Crippen LogP contribution in [0.25, 0.3) is 5.76 Å². The first-order chi connectivity index (χ1) is 14.4. The molecule has 3 aliphatic carbocycles. The average molecular weight is 516 g/mol. The van der Waals surface area contributed by atoms with Crippen molar-refractivity contribution in [3.63, 3.8) is 0 Å². The zero-order valence-electron chi connectivity index (χ0n) is 17.8. The summed E-state index contributed by atoms with van der Waals surface area (Å²) >= 11 is 0. The van der Waals surface area contributed by atoms with Gasteiger partial charge in [-0.3, -0.25) is 19.3 Å². The number of benzene rings is 1. The molecule has 1 fully saturated rings. The summed E-state index contributed by atoms with van der Waals surface area (Å²) in [6, 6.07) is 3.49. The van der Waals surface area contributed by atoms with Gasteiger partial charge in [-0.05, 0) is 38.4 Å². The van der Waals surface area contributed by atoms with Gasteiger partial charge in [0.05, 0.1) is 11.8 Å². The molecule has 0 aliphatic heterocycles. The molecule has 4 atom stereocenters. The Kier molecular flexibility index (Phi) is 6.19. The first-order valence-electron chi connectivity index (χ1n) is 9.80. The number of carbonyl (C=O) groups excluding carboxylic acids is 3. The molecule has 32 heavy (non-hydrogen) atoms. The van der Waals surface area contributed by atoms with Crippen LogP contribution in [0.2, 0.25) is 0 Å². The molecule has 4 rings (SSSR count). The van der Waals surface area contributed by atoms with E-state index in [-0.39, 0.29) is 62.4 Å². The van der Waals surface area contributed by atoms with Crippen LogP contribution >= 0.6 is 0 Å². The number of aliphatic hydroxyl groups excluding tert-OH is 2. The van der Waals surface area contributed by atoms with E-state index in [2.05, 4.69) is 6.07 Å². The van der Waals surface area contributed by atoms with E-state index in [1.807, 2.05) is 0 Å². The van der Waals surface area contributed by atoms with Crippen LogP contribution in [0, 0.1) is 24.8 Å². The van der Waals surface area contributed by atoms with E-state index in [1.54, 1.807) is 27.1 Å². The number of likely N-dealkylation sites (N-methyl/N-ethyl adjacent to an activating group) is 1. The summed E-state index contributed by atoms with van der Waals surface area (Å²) in [6.07, 6.45) is 0.302. The van der Waals surface area contributed by atoms with Crippen LogP contribution < -0.4 is 5.73 Å². The summed E-state index contributed by atoms with van der Waals surface area (Å²) < 4.78 is 0. The fraction of sp³-hybridized carbons (Fsp3) is 0.409. The van der Waals surface area contributed by atoms with Crippen LogP contribution in [0.15, 0.2) is 23.0 Å². The van der Waals surface area contributed by atoms with Gasteiger partial charge in [-0.25, -0.2) is 0 Å². The molecule has 9 nitrogen and oxygen atoms in total. The van der Waals surface area contributed by atoms with Crippen molar-refractivity contribution >= 4 is 23.2 Å². The van der Waals surface area contributed by atoms with E-state index in [1.165, 1.54) is 4.90 Å². The third-order valence-electron chi connectivity index (χ3n) is 6.69. The normalized spacial score (nSPS) is 29.3. The average Bonchev–Trinajstić information content (AvgIpc) is 2.67. The van der Waals surface area contributed by atoms with Crippen LogP contribution in [0.5, 0.6) is 5.75 Å². The minimum atomic E-state index is -2.62. The molecule has 1 unspecified atom stereocenters. The molecule has 0 heterocycles. The van der Waals surface area contributed by atoms with Crippen molar-refractivity contribution in [2.45, 2.75) is 31.4 Å². The molecule has 0 spiro atoms. The number of amides is 1. The molecular formula is C22H23N2O7Y-. The number of nitrogens with zero attached hydrogens (tertiary/aromatic N) is 1. The summed E-state index contributed by atoms with van der Waals surface area (Å²) in [6.45, 7) is 1.62. The Morgan fingerprint density at radius 1 is 1.25 bits per heavy atom. The zero-order valence-corrected chi connectivity index (χ0v) is 20.7. The number of hydrogen-bond acceptors (Lipinski definition) is 8. The standard InChI is InChI=1S/C22H23N2O7.Y/c1-8-4-5-9-6-10-7-11-15(24(2)3)18(27)14(21(23)30)20(29)22(11,31)19(28)13(10)17(26)12(9)16(8)25;/h4,10-11,15,25-26,29,31H,6-7H2,1-3H3,(H2,23,30);/q-1;/t10-,11-,15?,22-;/m0./s1. The monoisotopic (exact) mass is 516 g/mol. The minimum Gasteiger partial charge on any atom is -0.532 e. The summed E-state index contributed by atoms with van der Waals surface area (Å²) in [5.41, 5.74) is 2.67. The number of fused-ring (bicyclic) bond motifs is 3. The molecule has 0 aromatic heterocycles. The van der Waals surface area contributed by atoms with E-state index in [9.17, 15) is 34.8 Å². The molecule has 3 aliphatic rings. The van der Waals surface area contributed by atoms with Gasteiger partial charge in [-0.15, -0.1) is 11.1 Å². The fourth-order valence-electron chi connectivity index (χ4n) is 5.22. The minimum absolute atomic E-state index is 0. The van der Waals surface area contributed by atoms with E-state index >= 15 is 0 Å². The van der Waals surface area contributed by atoms with E-state index in [0.29, 0.717) is 11.1 Å². The molecule has 1 aromatic carbocycles. The van der Waals surface area contributed by atoms with Gasteiger partial charge in [0.1, 0.15) is 11.3 Å². The van der Waals surface area contributed by atoms with Crippen molar-refractivity contribution in [2.75, 3.05) is 14.1 Å². The van der Waals surface area contributed by atoms with Gasteiger partial charge in [-0.2, -0.15) is 12.1 Å². The van der Waals surface area contributed by atoms with Crippen LogP contribution in [0.3, 0.4) is 0 Å². The summed E-state index contributed by atoms with van der Waals surface area (Å²) in [5, 5.41) is 43.5. The van der Waals surface area contributed by atoms with Crippen molar-refractivity contribution in [1.82, 2.24) is 4.90 Å². The fourth-order valence-corrected chi connectivity index (χ4v) is 5.22. The van der Waals surface area contributed by atoms with Crippen molar-refractivity contribution in [3.05, 3.63) is 45.7 Å². The Labute approximate surface area is 209 Å². The van der Waals surface area contributed by atoms with Crippen LogP contribution in [-0.4, -0.2) is 68.5 Å². The number of aryl methyl sites for hydroxylation is 1. The summed E-state index contributed by atoms with van der Waals surface area (Å²) in [4.78, 5) is 39.9. The van der Waals surface area contributed by atoms with Crippen LogP contribution in [0.1, 0.15) is 23.1 Å². The molecular weight excluding hydrogens is 493 g/mol. The molecule has 0 saturated heterocycles. The molecule has 167 valence electrons. The largest absolute Gasteiger partial charge is 0.532 e. The molecule has 1 amide bonds. The van der Waals surface area contributed by atoms with Crippen molar-refractivity contribution in [3.8, 4) is 5.75 Å². The molecule has 0 bridgehead atoms. The van der Waals surface area contributed by atoms with Gasteiger partial charge in [-0.1, -0.05) is 6.92 Å². The topological polar surface area (TPSA) is 161 Å². The number of carbonyl (C=O) groups is 3. The van der Waals surface area contributed by atoms with Crippen molar-refractivity contribution in [2.24, 2.45) is 17.6 Å². The smallest absolute Gasteiger partial charge is 0.255 e. The van der Waals surface area contributed by atoms with Crippen LogP contribution in [-0.2, 0) is 53.5 Å². The molecule has 6 N–H and O–H groups in total. The maximum atomic E-state index is 13.5. The van der Waals surface area contributed by atoms with E-state index < -0.39 is 58.0 Å². The third kappa shape index (κ3) is 3.09. The number of Topliss-reactive ketones (excluding diaryl/α,β-unsaturated/α-hetero) is 2. The first-order valence-corrected chi connectivity index (χ1v) is 9.80. The summed E-state index contributed by atoms with van der Waals surface area (Å²) in [5.74, 6) is -6.52. The van der Waals surface area contributed by atoms with Gasteiger partial charge >= 0.3 is 0 Å². The van der Waals surface area contributed by atoms with Crippen molar-refractivity contribution in [1.29, 1.82) is 0 Å². The number of primary amides is 1. The number of hydrogen-bond donors (Lipinski definition) is 5. The maximum absolute atomic E-state index is 13.5. The number of aromatic hydroxyl groups is 1. The third-order valence-corrected chi connectivity index (χ3v) is 6.69. The zero-order chi connectivity index (χ0) is 23.0. The van der Waals surface area contributed by atoms with Crippen molar-refractivity contribution < 1.29 is 67.5 Å². The number of nitrogens with two attached hydrogens (primary N) is 1. The number of aliphatic hydroxyl groups is 3. The molecule has 1 radical (unpaired) electrons. The van der Waals surface area contributed by atoms with Crippen LogP contribution in [0.4, 0.5) is 0 Å². The Hall–Kier alpha value is -2.07. The maximum Gasteiger partial charge on any atom is 0.255 e. The van der Waals surface area contributed by atoms with E-state index in [4.69, 9.17) is 5.73 Å². The predicted octanol–water partition coefficient (Wildman–Crippen LogP) is 0.0701. The Balaban J connectivity index is 0.00000289. The second-order valence-corrected chi connectivity index (χ2v) is 8.64. The molecule has 1 saturated carbocycles. The molecule has 10 heteroatoms. The number of ketones is 2. The van der Waals surface area contributed by atoms with Gasteiger partial charge < -0.3 is 26.2 Å².